The standard InChI is InChI=1S/C43H47FN4O15/c1-20(2)14-31(41(57)45-29(12-13-35(53)61-4)40(56)48-38(21(3)49)42(58)46-30(32(52)19-44)18-36(54)62-5)47-39(55)22-6-9-25(43(59)60)28(15-22)37-26-10-7-23(50)16-33(26)63-34-17-24(51)8-11-27(34)37/h6-11,15-17,20-21,29-31,38,49-50H,12-14,18-19H2,1-5H3,(H,45,57)(H,46,58)(H,47,55)(H,48,56)(H,59,60)/t21-,29+,30+,31+,38+/m1/s1. The summed E-state index contributed by atoms with van der Waals surface area (Å²) in [5.41, 5.74) is -0.0734. The number of Topliss-reactive ketones (excluding diaryl/α,β-unsaturated/α-hetero) is 1. The zero-order valence-corrected chi connectivity index (χ0v) is 34.8. The highest BCUT2D eigenvalue weighted by molar-refractivity contribution is 6.09. The summed E-state index contributed by atoms with van der Waals surface area (Å²) >= 11 is 0. The van der Waals surface area contributed by atoms with Gasteiger partial charge in [-0.25, -0.2) is 9.18 Å². The van der Waals surface area contributed by atoms with E-state index in [2.05, 4.69) is 30.7 Å². The number of carboxylic acids is 1. The number of aliphatic hydroxyl groups is 1. The van der Waals surface area contributed by atoms with Crippen LogP contribution in [0.3, 0.4) is 0 Å². The molecule has 5 atom stereocenters. The first-order chi connectivity index (χ1) is 29.8. The van der Waals surface area contributed by atoms with Gasteiger partial charge in [-0.3, -0.25) is 38.4 Å². The molecule has 1 heterocycles. The third-order valence-corrected chi connectivity index (χ3v) is 9.78. The molecule has 0 radical (unpaired) electrons. The molecule has 0 unspecified atom stereocenters. The maximum Gasteiger partial charge on any atom is 0.336 e. The summed E-state index contributed by atoms with van der Waals surface area (Å²) < 4.78 is 28.3. The number of hydrogen-bond acceptors (Lipinski definition) is 14. The number of ether oxygens (including phenoxy) is 2. The first-order valence-electron chi connectivity index (χ1n) is 19.5. The van der Waals surface area contributed by atoms with E-state index in [1.807, 2.05) is 0 Å². The summed E-state index contributed by atoms with van der Waals surface area (Å²) in [7, 11) is 2.09. The van der Waals surface area contributed by atoms with Crippen LogP contribution in [0.25, 0.3) is 33.4 Å². The van der Waals surface area contributed by atoms with Gasteiger partial charge in [0.2, 0.25) is 17.7 Å². The molecule has 336 valence electrons. The van der Waals surface area contributed by atoms with Gasteiger partial charge in [0, 0.05) is 40.6 Å². The Morgan fingerprint density at radius 3 is 2.05 bits per heavy atom. The van der Waals surface area contributed by atoms with Crippen molar-refractivity contribution in [2.75, 3.05) is 20.9 Å². The number of benzene rings is 3. The fourth-order valence-electron chi connectivity index (χ4n) is 6.59. The van der Waals surface area contributed by atoms with Gasteiger partial charge in [-0.05, 0) is 73.7 Å². The average molecular weight is 879 g/mol. The van der Waals surface area contributed by atoms with Crippen LogP contribution in [0.5, 0.6) is 5.75 Å². The lowest BCUT2D eigenvalue weighted by Crippen LogP contribution is -2.60. The Balaban J connectivity index is 1.67. The van der Waals surface area contributed by atoms with Crippen LogP contribution in [-0.4, -0.2) is 114 Å². The molecule has 19 nitrogen and oxygen atoms in total. The summed E-state index contributed by atoms with van der Waals surface area (Å²) in [5, 5.41) is 40.7. The van der Waals surface area contributed by atoms with E-state index in [9.17, 15) is 62.9 Å². The number of nitrogens with one attached hydrogen (secondary N) is 4. The van der Waals surface area contributed by atoms with Gasteiger partial charge in [-0.15, -0.1) is 0 Å². The Hall–Kier alpha value is -7.22. The van der Waals surface area contributed by atoms with Crippen molar-refractivity contribution < 1.29 is 72.0 Å². The van der Waals surface area contributed by atoms with Crippen molar-refractivity contribution in [2.45, 2.75) is 76.7 Å². The van der Waals surface area contributed by atoms with Crippen molar-refractivity contribution >= 4 is 58.3 Å². The van der Waals surface area contributed by atoms with E-state index in [0.29, 0.717) is 10.9 Å². The zero-order chi connectivity index (χ0) is 46.7. The van der Waals surface area contributed by atoms with Gasteiger partial charge in [-0.1, -0.05) is 13.8 Å². The predicted octanol–water partition coefficient (Wildman–Crippen LogP) is 2.00. The minimum atomic E-state index is -1.84. The van der Waals surface area contributed by atoms with Crippen LogP contribution < -0.4 is 26.7 Å². The van der Waals surface area contributed by atoms with E-state index in [1.54, 1.807) is 13.8 Å². The van der Waals surface area contributed by atoms with Gasteiger partial charge in [0.15, 0.2) is 11.2 Å². The minimum absolute atomic E-state index is 0.0116. The van der Waals surface area contributed by atoms with Crippen molar-refractivity contribution in [3.63, 3.8) is 0 Å². The number of carbonyl (C=O) groups excluding carboxylic acids is 7. The average Bonchev–Trinajstić information content (AvgIpc) is 3.23. The number of hydrogen-bond donors (Lipinski definition) is 7. The zero-order valence-electron chi connectivity index (χ0n) is 34.8. The van der Waals surface area contributed by atoms with Crippen LogP contribution >= 0.6 is 0 Å². The van der Waals surface area contributed by atoms with E-state index >= 15 is 0 Å². The Bertz CT molecular complexity index is 2430. The molecule has 0 saturated carbocycles. The monoisotopic (exact) mass is 878 g/mol. The second-order valence-electron chi connectivity index (χ2n) is 14.9. The number of phenols is 1. The lowest BCUT2D eigenvalue weighted by Gasteiger charge is -2.27. The number of carbonyl (C=O) groups is 8. The molecule has 4 rings (SSSR count). The maximum absolute atomic E-state index is 14.0. The van der Waals surface area contributed by atoms with Gasteiger partial charge >= 0.3 is 17.9 Å². The second kappa shape index (κ2) is 21.5. The van der Waals surface area contributed by atoms with Crippen LogP contribution in [0, 0.1) is 5.92 Å². The van der Waals surface area contributed by atoms with Gasteiger partial charge in [0.1, 0.15) is 47.9 Å². The number of esters is 2. The second-order valence-corrected chi connectivity index (χ2v) is 14.9. The molecule has 0 saturated heterocycles. The molecular weight excluding hydrogens is 831 g/mol. The topological polar surface area (TPSA) is 294 Å². The Labute approximate surface area is 358 Å². The number of ketones is 1. The highest BCUT2D eigenvalue weighted by Gasteiger charge is 2.35. The molecule has 2 aromatic carbocycles. The Morgan fingerprint density at radius 2 is 1.43 bits per heavy atom. The number of amides is 4. The van der Waals surface area contributed by atoms with Gasteiger partial charge in [0.05, 0.1) is 32.3 Å². The lowest BCUT2D eigenvalue weighted by atomic mass is 9.89. The SMILES string of the molecule is COC(=O)CC[C@H](NC(=O)[C@H](CC(C)C)NC(=O)c1ccc(C(=O)O)c(-c2c3ccc(=O)cc-3oc3cc(O)ccc23)c1)C(=O)N[C@H](C(=O)N[C@@H](CC(=O)OC)C(=O)CF)[C@@H](C)O. The molecule has 1 aliphatic carbocycles. The van der Waals surface area contributed by atoms with Gasteiger partial charge in [0.25, 0.3) is 5.91 Å². The molecular formula is C43H47FN4O15. The number of aromatic carboxylic acids is 1. The van der Waals surface area contributed by atoms with E-state index < -0.39 is 109 Å². The number of halogens is 1. The van der Waals surface area contributed by atoms with E-state index in [0.717, 1.165) is 21.1 Å². The molecule has 1 aliphatic heterocycles. The summed E-state index contributed by atoms with van der Waals surface area (Å²) in [6.45, 7) is 3.02. The minimum Gasteiger partial charge on any atom is -0.508 e. The number of fused-ring (bicyclic) bond motifs is 2. The van der Waals surface area contributed by atoms with Crippen LogP contribution in [0.2, 0.25) is 0 Å². The molecule has 2 aliphatic rings. The quantitative estimate of drug-likeness (QED) is 0.0494. The van der Waals surface area contributed by atoms with Crippen LogP contribution in [0.15, 0.2) is 63.8 Å². The molecule has 4 amide bonds. The number of aromatic hydroxyl groups is 1. The largest absolute Gasteiger partial charge is 0.508 e. The Morgan fingerprint density at radius 1 is 0.762 bits per heavy atom. The van der Waals surface area contributed by atoms with Crippen molar-refractivity contribution in [1.29, 1.82) is 0 Å². The summed E-state index contributed by atoms with van der Waals surface area (Å²) in [6.07, 6.45) is -3.28. The van der Waals surface area contributed by atoms with Gasteiger partial charge in [-0.2, -0.15) is 0 Å². The van der Waals surface area contributed by atoms with Crippen molar-refractivity contribution in [1.82, 2.24) is 21.3 Å². The van der Waals surface area contributed by atoms with Crippen LogP contribution in [0.4, 0.5) is 4.39 Å². The molecule has 0 aromatic heterocycles. The van der Waals surface area contributed by atoms with Crippen molar-refractivity contribution in [3.05, 3.63) is 75.9 Å². The molecule has 0 fully saturated rings. The highest BCUT2D eigenvalue weighted by Crippen LogP contribution is 2.42. The number of methoxy groups -OCH3 is 2. The first kappa shape index (κ1) is 48.4. The molecule has 0 spiro atoms. The molecule has 0 bridgehead atoms. The van der Waals surface area contributed by atoms with Crippen LogP contribution in [-0.2, 0) is 38.2 Å². The molecule has 7 N–H and O–H groups in total. The third kappa shape index (κ3) is 12.4. The number of rotatable bonds is 20. The van der Waals surface area contributed by atoms with Crippen LogP contribution in [0.1, 0.15) is 67.2 Å². The normalized spacial score (nSPS) is 13.5. The number of carboxylic acid groups (broad SMARTS) is 1. The third-order valence-electron chi connectivity index (χ3n) is 9.78. The fourth-order valence-corrected chi connectivity index (χ4v) is 6.59. The van der Waals surface area contributed by atoms with Gasteiger partial charge < -0.3 is 50.5 Å². The van der Waals surface area contributed by atoms with E-state index in [4.69, 9.17) is 4.42 Å². The number of aliphatic hydroxyl groups excluding tert-OH is 1. The number of phenolic OH excluding ortho intramolecular Hbond substituents is 1. The first-order valence-corrected chi connectivity index (χ1v) is 19.5. The number of alkyl halides is 1. The summed E-state index contributed by atoms with van der Waals surface area (Å²) in [6, 6.07) is 5.11. The summed E-state index contributed by atoms with van der Waals surface area (Å²) in [4.78, 5) is 116. The maximum atomic E-state index is 14.0. The molecule has 20 heteroatoms. The molecule has 63 heavy (non-hydrogen) atoms. The van der Waals surface area contributed by atoms with E-state index in [1.165, 1.54) is 54.6 Å². The van der Waals surface area contributed by atoms with Crippen molar-refractivity contribution in [2.24, 2.45) is 5.92 Å². The summed E-state index contributed by atoms with van der Waals surface area (Å²) in [5.74, 6) is -8.77. The smallest absolute Gasteiger partial charge is 0.336 e. The van der Waals surface area contributed by atoms with E-state index in [-0.39, 0.29) is 51.7 Å². The van der Waals surface area contributed by atoms with Crippen molar-refractivity contribution in [3.8, 4) is 28.2 Å². The predicted molar refractivity (Wildman–Crippen MR) is 220 cm³/mol. The highest BCUT2D eigenvalue weighted by atomic mass is 19.1. The Kier molecular flexibility index (Phi) is 16.6. The lowest BCUT2D eigenvalue weighted by molar-refractivity contribution is -0.144. The fraction of sp³-hybridized carbons (Fsp3) is 0.372. The molecule has 2 aromatic rings.